The van der Waals surface area contributed by atoms with Gasteiger partial charge in [-0.25, -0.2) is 9.59 Å². The summed E-state index contributed by atoms with van der Waals surface area (Å²) < 4.78 is 10.1. The first-order valence-electron chi connectivity index (χ1n) is 7.02. The number of Topliss-reactive ketones (excluding diaryl/α,β-unsaturated/α-hetero) is 1. The SMILES string of the molecule is COc1ccccc1C(=O)C[C@H](NC(=O)OC(C)(C)C)C(=O)O. The van der Waals surface area contributed by atoms with Crippen LogP contribution in [0.25, 0.3) is 0 Å². The normalized spacial score (nSPS) is 12.2. The van der Waals surface area contributed by atoms with Gasteiger partial charge in [0, 0.05) is 6.42 Å². The summed E-state index contributed by atoms with van der Waals surface area (Å²) in [5, 5.41) is 11.4. The molecule has 0 spiro atoms. The molecule has 0 fully saturated rings. The van der Waals surface area contributed by atoms with Crippen molar-refractivity contribution in [2.24, 2.45) is 0 Å². The molecule has 0 aliphatic rings. The predicted octanol–water partition coefficient (Wildman–Crippen LogP) is 2.25. The van der Waals surface area contributed by atoms with Crippen LogP contribution in [0.4, 0.5) is 4.79 Å². The summed E-state index contributed by atoms with van der Waals surface area (Å²) in [5.41, 5.74) is -0.507. The molecular formula is C16H21NO6. The van der Waals surface area contributed by atoms with Gasteiger partial charge in [-0.3, -0.25) is 4.79 Å². The molecule has 0 radical (unpaired) electrons. The van der Waals surface area contributed by atoms with Crippen LogP contribution in [0.3, 0.4) is 0 Å². The van der Waals surface area contributed by atoms with Gasteiger partial charge in [0.05, 0.1) is 12.7 Å². The number of carbonyl (C=O) groups is 3. The summed E-state index contributed by atoms with van der Waals surface area (Å²) in [7, 11) is 1.42. The van der Waals surface area contributed by atoms with Gasteiger partial charge in [-0.05, 0) is 32.9 Å². The zero-order valence-electron chi connectivity index (χ0n) is 13.6. The number of ketones is 1. The van der Waals surface area contributed by atoms with Gasteiger partial charge in [0.15, 0.2) is 5.78 Å². The third kappa shape index (κ3) is 5.98. The number of hydrogen-bond acceptors (Lipinski definition) is 5. The van der Waals surface area contributed by atoms with E-state index < -0.39 is 35.9 Å². The number of methoxy groups -OCH3 is 1. The number of ether oxygens (including phenoxy) is 2. The number of carboxylic acid groups (broad SMARTS) is 1. The minimum Gasteiger partial charge on any atom is -0.496 e. The zero-order valence-corrected chi connectivity index (χ0v) is 13.6. The molecule has 7 nitrogen and oxygen atoms in total. The first kappa shape index (κ1) is 18.5. The fourth-order valence-corrected chi connectivity index (χ4v) is 1.82. The Kier molecular flexibility index (Phi) is 6.12. The molecule has 0 aliphatic heterocycles. The summed E-state index contributed by atoms with van der Waals surface area (Å²) in [6.07, 6.45) is -1.30. The van der Waals surface area contributed by atoms with Crippen molar-refractivity contribution in [3.63, 3.8) is 0 Å². The highest BCUT2D eigenvalue weighted by atomic mass is 16.6. The number of rotatable bonds is 6. The molecule has 1 aromatic rings. The topological polar surface area (TPSA) is 102 Å². The van der Waals surface area contributed by atoms with Gasteiger partial charge in [0.1, 0.15) is 17.4 Å². The molecule has 0 saturated carbocycles. The molecule has 126 valence electrons. The van der Waals surface area contributed by atoms with E-state index in [2.05, 4.69) is 5.32 Å². The monoisotopic (exact) mass is 323 g/mol. The number of carbonyl (C=O) groups excluding carboxylic acids is 2. The van der Waals surface area contributed by atoms with Gasteiger partial charge in [0.2, 0.25) is 0 Å². The Hall–Kier alpha value is -2.57. The molecule has 0 aromatic heterocycles. The Morgan fingerprint density at radius 1 is 1.22 bits per heavy atom. The molecule has 2 N–H and O–H groups in total. The van der Waals surface area contributed by atoms with Crippen LogP contribution in [0, 0.1) is 0 Å². The average molecular weight is 323 g/mol. The number of hydrogen-bond donors (Lipinski definition) is 2. The highest BCUT2D eigenvalue weighted by molar-refractivity contribution is 6.01. The molecule has 7 heteroatoms. The number of nitrogens with one attached hydrogen (secondary N) is 1. The second-order valence-corrected chi connectivity index (χ2v) is 5.86. The molecule has 0 saturated heterocycles. The molecule has 0 unspecified atom stereocenters. The lowest BCUT2D eigenvalue weighted by atomic mass is 10.0. The number of alkyl carbamates (subject to hydrolysis) is 1. The van der Waals surface area contributed by atoms with E-state index in [9.17, 15) is 19.5 Å². The Morgan fingerprint density at radius 3 is 2.35 bits per heavy atom. The Morgan fingerprint density at radius 2 is 1.83 bits per heavy atom. The van der Waals surface area contributed by atoms with Crippen LogP contribution >= 0.6 is 0 Å². The quantitative estimate of drug-likeness (QED) is 0.779. The van der Waals surface area contributed by atoms with E-state index in [0.717, 1.165) is 0 Å². The molecule has 23 heavy (non-hydrogen) atoms. The number of amides is 1. The van der Waals surface area contributed by atoms with Crippen LogP contribution in [-0.4, -0.2) is 41.7 Å². The number of para-hydroxylation sites is 1. The lowest BCUT2D eigenvalue weighted by Gasteiger charge is -2.21. The van der Waals surface area contributed by atoms with E-state index >= 15 is 0 Å². The van der Waals surface area contributed by atoms with Crippen molar-refractivity contribution >= 4 is 17.8 Å². The van der Waals surface area contributed by atoms with Crippen molar-refractivity contribution < 1.29 is 29.0 Å². The molecule has 1 amide bonds. The third-order valence-corrected chi connectivity index (χ3v) is 2.79. The van der Waals surface area contributed by atoms with Crippen molar-refractivity contribution in [3.8, 4) is 5.75 Å². The maximum atomic E-state index is 12.3. The summed E-state index contributed by atoms with van der Waals surface area (Å²) in [5.74, 6) is -1.43. The summed E-state index contributed by atoms with van der Waals surface area (Å²) in [4.78, 5) is 35.2. The summed E-state index contributed by atoms with van der Waals surface area (Å²) >= 11 is 0. The van der Waals surface area contributed by atoms with Crippen LogP contribution in [0.2, 0.25) is 0 Å². The van der Waals surface area contributed by atoms with Gasteiger partial charge >= 0.3 is 12.1 Å². The van der Waals surface area contributed by atoms with E-state index in [1.807, 2.05) is 0 Å². The average Bonchev–Trinajstić information content (AvgIpc) is 2.44. The predicted molar refractivity (Wildman–Crippen MR) is 82.7 cm³/mol. The van der Waals surface area contributed by atoms with Crippen LogP contribution < -0.4 is 10.1 Å². The fourth-order valence-electron chi connectivity index (χ4n) is 1.82. The van der Waals surface area contributed by atoms with Crippen LogP contribution in [-0.2, 0) is 9.53 Å². The second-order valence-electron chi connectivity index (χ2n) is 5.86. The molecule has 0 bridgehead atoms. The number of aliphatic carboxylic acids is 1. The molecule has 1 rings (SSSR count). The lowest BCUT2D eigenvalue weighted by Crippen LogP contribution is -2.44. The van der Waals surface area contributed by atoms with Gasteiger partial charge in [-0.2, -0.15) is 0 Å². The maximum Gasteiger partial charge on any atom is 0.408 e. The lowest BCUT2D eigenvalue weighted by molar-refractivity contribution is -0.139. The van der Waals surface area contributed by atoms with Crippen molar-refractivity contribution in [2.45, 2.75) is 38.8 Å². The standard InChI is InChI=1S/C16H21NO6/c1-16(2,3)23-15(21)17-11(14(19)20)9-12(18)10-7-5-6-8-13(10)22-4/h5-8,11H,9H2,1-4H3,(H,17,21)(H,19,20)/t11-/m0/s1. The summed E-state index contributed by atoms with van der Waals surface area (Å²) in [6, 6.07) is 5.09. The summed E-state index contributed by atoms with van der Waals surface area (Å²) in [6.45, 7) is 4.97. The molecular weight excluding hydrogens is 302 g/mol. The first-order chi connectivity index (χ1) is 10.6. The van der Waals surface area contributed by atoms with Crippen molar-refractivity contribution in [2.75, 3.05) is 7.11 Å². The van der Waals surface area contributed by atoms with E-state index in [-0.39, 0.29) is 5.56 Å². The van der Waals surface area contributed by atoms with Gasteiger partial charge in [-0.1, -0.05) is 12.1 Å². The molecule has 1 aromatic carbocycles. The van der Waals surface area contributed by atoms with Crippen LogP contribution in [0.15, 0.2) is 24.3 Å². The van der Waals surface area contributed by atoms with Gasteiger partial charge in [-0.15, -0.1) is 0 Å². The smallest absolute Gasteiger partial charge is 0.408 e. The largest absolute Gasteiger partial charge is 0.496 e. The minimum absolute atomic E-state index is 0.257. The number of carboxylic acids is 1. The molecule has 1 atom stereocenters. The van der Waals surface area contributed by atoms with Crippen LogP contribution in [0.5, 0.6) is 5.75 Å². The fraction of sp³-hybridized carbons (Fsp3) is 0.438. The van der Waals surface area contributed by atoms with Gasteiger partial charge < -0.3 is 19.9 Å². The van der Waals surface area contributed by atoms with Crippen molar-refractivity contribution in [3.05, 3.63) is 29.8 Å². The first-order valence-corrected chi connectivity index (χ1v) is 7.02. The Balaban J connectivity index is 2.82. The van der Waals surface area contributed by atoms with Crippen LogP contribution in [0.1, 0.15) is 37.6 Å². The highest BCUT2D eigenvalue weighted by Gasteiger charge is 2.27. The Labute approximate surface area is 134 Å². The molecule has 0 heterocycles. The van der Waals surface area contributed by atoms with E-state index in [4.69, 9.17) is 9.47 Å². The third-order valence-electron chi connectivity index (χ3n) is 2.79. The van der Waals surface area contributed by atoms with E-state index in [1.54, 1.807) is 39.0 Å². The Bertz CT molecular complexity index is 590. The van der Waals surface area contributed by atoms with Crippen molar-refractivity contribution in [1.82, 2.24) is 5.32 Å². The van der Waals surface area contributed by atoms with E-state index in [0.29, 0.717) is 5.75 Å². The molecule has 0 aliphatic carbocycles. The zero-order chi connectivity index (χ0) is 17.6. The highest BCUT2D eigenvalue weighted by Crippen LogP contribution is 2.19. The van der Waals surface area contributed by atoms with Crippen molar-refractivity contribution in [1.29, 1.82) is 0 Å². The second kappa shape index (κ2) is 7.62. The minimum atomic E-state index is -1.39. The number of benzene rings is 1. The maximum absolute atomic E-state index is 12.3. The van der Waals surface area contributed by atoms with Gasteiger partial charge in [0.25, 0.3) is 0 Å². The van der Waals surface area contributed by atoms with E-state index in [1.165, 1.54) is 13.2 Å².